The second-order valence-corrected chi connectivity index (χ2v) is 5.90. The van der Waals surface area contributed by atoms with Crippen molar-refractivity contribution >= 4 is 17.5 Å². The molecule has 0 saturated heterocycles. The van der Waals surface area contributed by atoms with Crippen molar-refractivity contribution in [2.24, 2.45) is 0 Å². The summed E-state index contributed by atoms with van der Waals surface area (Å²) in [5.41, 5.74) is 1.36. The van der Waals surface area contributed by atoms with Crippen LogP contribution in [0.5, 0.6) is 0 Å². The van der Waals surface area contributed by atoms with E-state index in [1.807, 2.05) is 42.7 Å². The fourth-order valence-corrected chi connectivity index (χ4v) is 2.57. The topological polar surface area (TPSA) is 34.9 Å². The van der Waals surface area contributed by atoms with Gasteiger partial charge >= 0.3 is 0 Å². The van der Waals surface area contributed by atoms with Crippen molar-refractivity contribution in [3.63, 3.8) is 0 Å². The molecule has 0 saturated carbocycles. The highest BCUT2D eigenvalue weighted by Gasteiger charge is 2.15. The first-order chi connectivity index (χ1) is 9.13. The molecule has 0 N–H and O–H groups in total. The number of imidazole rings is 1. The van der Waals surface area contributed by atoms with Gasteiger partial charge in [-0.15, -0.1) is 11.8 Å². The lowest BCUT2D eigenvalue weighted by Crippen LogP contribution is -2.11. The smallest absolute Gasteiger partial charge is 0.211 e. The summed E-state index contributed by atoms with van der Waals surface area (Å²) in [7, 11) is 0. The van der Waals surface area contributed by atoms with Gasteiger partial charge in [-0.05, 0) is 43.9 Å². The van der Waals surface area contributed by atoms with E-state index in [1.165, 1.54) is 4.90 Å². The van der Waals surface area contributed by atoms with Crippen LogP contribution in [0.25, 0.3) is 0 Å². The number of nitrogens with zero attached hydrogens (tertiary/aromatic N) is 2. The maximum absolute atomic E-state index is 12.4. The quantitative estimate of drug-likeness (QED) is 0.614. The minimum Gasteiger partial charge on any atom is -0.325 e. The van der Waals surface area contributed by atoms with Crippen LogP contribution in [0, 0.1) is 0 Å². The molecule has 2 aromatic rings. The number of thioether (sulfide) groups is 1. The number of benzene rings is 1. The van der Waals surface area contributed by atoms with E-state index >= 15 is 0 Å². The van der Waals surface area contributed by atoms with Gasteiger partial charge < -0.3 is 4.57 Å². The van der Waals surface area contributed by atoms with E-state index in [0.717, 1.165) is 5.75 Å². The first kappa shape index (κ1) is 13.9. The highest BCUT2D eigenvalue weighted by molar-refractivity contribution is 7.99. The lowest BCUT2D eigenvalue weighted by molar-refractivity contribution is 0.102. The molecule has 2 rings (SSSR count). The Morgan fingerprint density at radius 1 is 1.32 bits per heavy atom. The lowest BCUT2D eigenvalue weighted by Gasteiger charge is -2.10. The second-order valence-electron chi connectivity index (χ2n) is 4.57. The van der Waals surface area contributed by atoms with Crippen molar-refractivity contribution in [3.05, 3.63) is 48.0 Å². The average molecular weight is 274 g/mol. The largest absolute Gasteiger partial charge is 0.325 e. The maximum Gasteiger partial charge on any atom is 0.211 e. The molecule has 1 heterocycles. The summed E-state index contributed by atoms with van der Waals surface area (Å²) in [5, 5.41) is 0. The summed E-state index contributed by atoms with van der Waals surface area (Å²) in [6.07, 6.45) is 3.34. The number of hydrogen-bond acceptors (Lipinski definition) is 3. The molecule has 0 fully saturated rings. The minimum absolute atomic E-state index is 0.0271. The van der Waals surface area contributed by atoms with Crippen LogP contribution in [-0.2, 0) is 0 Å². The lowest BCUT2D eigenvalue weighted by atomic mass is 10.1. The van der Waals surface area contributed by atoms with E-state index in [0.29, 0.717) is 11.3 Å². The molecule has 0 atom stereocenters. The van der Waals surface area contributed by atoms with Crippen LogP contribution in [-0.4, -0.2) is 21.1 Å². The number of aromatic nitrogens is 2. The van der Waals surface area contributed by atoms with Gasteiger partial charge in [0, 0.05) is 16.5 Å². The summed E-state index contributed by atoms with van der Waals surface area (Å²) >= 11 is 1.77. The Morgan fingerprint density at radius 2 is 2.00 bits per heavy atom. The van der Waals surface area contributed by atoms with Crippen LogP contribution in [0.15, 0.2) is 41.7 Å². The van der Waals surface area contributed by atoms with Crippen LogP contribution < -0.4 is 0 Å². The van der Waals surface area contributed by atoms with Crippen molar-refractivity contribution in [1.29, 1.82) is 0 Å². The third-order valence-corrected chi connectivity index (χ3v) is 3.78. The van der Waals surface area contributed by atoms with Gasteiger partial charge in [-0.2, -0.15) is 0 Å². The summed E-state index contributed by atoms with van der Waals surface area (Å²) in [4.78, 5) is 17.7. The first-order valence-electron chi connectivity index (χ1n) is 6.43. The Morgan fingerprint density at radius 3 is 2.58 bits per heavy atom. The first-order valence-corrected chi connectivity index (χ1v) is 7.41. The average Bonchev–Trinajstić information content (AvgIpc) is 2.88. The van der Waals surface area contributed by atoms with Crippen molar-refractivity contribution in [1.82, 2.24) is 9.55 Å². The molecular weight excluding hydrogens is 256 g/mol. The van der Waals surface area contributed by atoms with Gasteiger partial charge in [0.05, 0.1) is 12.5 Å². The summed E-state index contributed by atoms with van der Waals surface area (Å²) in [6, 6.07) is 8.00. The molecule has 0 amide bonds. The highest BCUT2D eigenvalue weighted by Crippen LogP contribution is 2.20. The highest BCUT2D eigenvalue weighted by atomic mass is 32.2. The second kappa shape index (κ2) is 6.06. The molecule has 3 nitrogen and oxygen atoms in total. The van der Waals surface area contributed by atoms with Crippen molar-refractivity contribution in [2.75, 3.05) is 5.75 Å². The predicted octanol–water partition coefficient (Wildman–Crippen LogP) is 3.81. The van der Waals surface area contributed by atoms with E-state index in [4.69, 9.17) is 0 Å². The fourth-order valence-electron chi connectivity index (χ4n) is 1.91. The third kappa shape index (κ3) is 3.07. The van der Waals surface area contributed by atoms with E-state index < -0.39 is 0 Å². The number of carbonyl (C=O) groups excluding carboxylic acids is 1. The Labute approximate surface area is 118 Å². The molecule has 0 unspecified atom stereocenters. The Kier molecular flexibility index (Phi) is 4.43. The van der Waals surface area contributed by atoms with Crippen LogP contribution >= 0.6 is 11.8 Å². The van der Waals surface area contributed by atoms with E-state index in [2.05, 4.69) is 11.9 Å². The zero-order chi connectivity index (χ0) is 13.8. The van der Waals surface area contributed by atoms with Gasteiger partial charge in [0.15, 0.2) is 0 Å². The van der Waals surface area contributed by atoms with Crippen LogP contribution in [0.1, 0.15) is 42.9 Å². The van der Waals surface area contributed by atoms with Crippen molar-refractivity contribution in [2.45, 2.75) is 31.7 Å². The monoisotopic (exact) mass is 274 g/mol. The van der Waals surface area contributed by atoms with Crippen molar-refractivity contribution in [3.8, 4) is 0 Å². The number of hydrogen-bond donors (Lipinski definition) is 0. The van der Waals surface area contributed by atoms with Crippen LogP contribution in [0.3, 0.4) is 0 Å². The minimum atomic E-state index is 0.0271. The van der Waals surface area contributed by atoms with E-state index in [9.17, 15) is 4.79 Å². The van der Waals surface area contributed by atoms with Gasteiger partial charge in [-0.25, -0.2) is 4.98 Å². The maximum atomic E-state index is 12.4. The molecule has 19 heavy (non-hydrogen) atoms. The number of rotatable bonds is 5. The van der Waals surface area contributed by atoms with Gasteiger partial charge in [0.1, 0.15) is 5.69 Å². The van der Waals surface area contributed by atoms with Gasteiger partial charge in [0.25, 0.3) is 0 Å². The number of ketones is 1. The molecule has 1 aromatic heterocycles. The third-order valence-electron chi connectivity index (χ3n) is 2.88. The molecule has 0 aliphatic carbocycles. The van der Waals surface area contributed by atoms with E-state index in [-0.39, 0.29) is 11.8 Å². The summed E-state index contributed by atoms with van der Waals surface area (Å²) in [5.74, 6) is 1.06. The van der Waals surface area contributed by atoms with Crippen molar-refractivity contribution < 1.29 is 4.79 Å². The number of carbonyl (C=O) groups is 1. The zero-order valence-electron chi connectivity index (χ0n) is 11.5. The predicted molar refractivity (Wildman–Crippen MR) is 78.9 cm³/mol. The molecule has 0 bridgehead atoms. The molecule has 0 spiro atoms. The van der Waals surface area contributed by atoms with Crippen LogP contribution in [0.2, 0.25) is 0 Å². The SMILES string of the molecule is CCSc1ccc(C(=O)c2cncn2C(C)C)cc1. The normalized spacial score (nSPS) is 10.9. The fraction of sp³-hybridized carbons (Fsp3) is 0.333. The van der Waals surface area contributed by atoms with E-state index in [1.54, 1.807) is 24.3 Å². The standard InChI is InChI=1S/C15H18N2OS/c1-4-19-13-7-5-12(6-8-13)15(18)14-9-16-10-17(14)11(2)3/h5-11H,4H2,1-3H3. The van der Waals surface area contributed by atoms with Gasteiger partial charge in [-0.1, -0.05) is 6.92 Å². The summed E-state index contributed by atoms with van der Waals surface area (Å²) < 4.78 is 1.90. The molecule has 0 aliphatic heterocycles. The zero-order valence-corrected chi connectivity index (χ0v) is 12.3. The Bertz CT molecular complexity index is 558. The molecule has 4 heteroatoms. The van der Waals surface area contributed by atoms with Gasteiger partial charge in [0.2, 0.25) is 5.78 Å². The summed E-state index contributed by atoms with van der Waals surface area (Å²) in [6.45, 7) is 6.20. The van der Waals surface area contributed by atoms with Gasteiger partial charge in [-0.3, -0.25) is 4.79 Å². The Balaban J connectivity index is 2.26. The molecule has 100 valence electrons. The molecular formula is C15H18N2OS. The van der Waals surface area contributed by atoms with Crippen LogP contribution in [0.4, 0.5) is 0 Å². The molecule has 0 radical (unpaired) electrons. The molecule has 1 aromatic carbocycles. The molecule has 0 aliphatic rings. The Hall–Kier alpha value is -1.55.